The Labute approximate surface area is 100 Å². The van der Waals surface area contributed by atoms with Crippen LogP contribution in [0.4, 0.5) is 4.79 Å². The van der Waals surface area contributed by atoms with Gasteiger partial charge in [-0.05, 0) is 18.9 Å². The average Bonchev–Trinajstić information content (AvgIpc) is 2.30. The molecule has 2 unspecified atom stereocenters. The van der Waals surface area contributed by atoms with Gasteiger partial charge in [0.25, 0.3) is 0 Å². The monoisotopic (exact) mass is 234 g/mol. The van der Waals surface area contributed by atoms with Crippen molar-refractivity contribution in [1.82, 2.24) is 4.90 Å². The number of likely N-dealkylation sites (tertiary alicyclic amines) is 1. The number of amides is 1. The van der Waals surface area contributed by atoms with Crippen LogP contribution in [-0.2, 0) is 0 Å². The Morgan fingerprint density at radius 2 is 2.06 bits per heavy atom. The lowest BCUT2D eigenvalue weighted by molar-refractivity contribution is -0.268. The second-order valence-electron chi connectivity index (χ2n) is 4.59. The van der Waals surface area contributed by atoms with Crippen molar-refractivity contribution in [2.75, 3.05) is 13.1 Å². The number of carbonyl (C=O) groups excluding carboxylic acids is 1. The molecule has 17 heavy (non-hydrogen) atoms. The molecular weight excluding hydrogens is 218 g/mol. The average molecular weight is 234 g/mol. The lowest BCUT2D eigenvalue weighted by atomic mass is 9.87. The molecule has 1 aliphatic heterocycles. The van der Waals surface area contributed by atoms with Gasteiger partial charge < -0.3 is 19.9 Å². The van der Waals surface area contributed by atoms with E-state index in [1.165, 1.54) is 5.56 Å². The van der Waals surface area contributed by atoms with Crippen molar-refractivity contribution >= 4 is 6.09 Å². The van der Waals surface area contributed by atoms with E-state index in [1.807, 2.05) is 31.2 Å². The molecule has 4 nitrogen and oxygen atoms in total. The van der Waals surface area contributed by atoms with Crippen LogP contribution in [-0.4, -0.2) is 35.3 Å². The molecule has 1 N–H and O–H groups in total. The van der Waals surface area contributed by atoms with Gasteiger partial charge in [-0.2, -0.15) is 0 Å². The molecule has 0 saturated carbocycles. The number of hydrogen-bond donors (Lipinski definition) is 1. The fourth-order valence-electron chi connectivity index (χ4n) is 2.30. The maximum atomic E-state index is 10.7. The van der Waals surface area contributed by atoms with Gasteiger partial charge in [0.1, 0.15) is 6.09 Å². The molecule has 1 heterocycles. The third-order valence-electron chi connectivity index (χ3n) is 3.35. The number of hydrogen-bond acceptors (Lipinski definition) is 3. The maximum absolute atomic E-state index is 10.7. The van der Waals surface area contributed by atoms with Gasteiger partial charge in [-0.1, -0.05) is 29.8 Å². The zero-order valence-corrected chi connectivity index (χ0v) is 9.80. The molecule has 1 saturated heterocycles. The molecule has 0 bridgehead atoms. The van der Waals surface area contributed by atoms with Crippen molar-refractivity contribution in [3.63, 3.8) is 0 Å². The number of aliphatic hydroxyl groups excluding tert-OH is 1. The number of β-amino-alcohol motifs (C(OH)–C–C–N with tert-alkyl or cyclic N) is 1. The molecule has 0 aromatic heterocycles. The van der Waals surface area contributed by atoms with Crippen molar-refractivity contribution in [2.45, 2.75) is 25.4 Å². The second kappa shape index (κ2) is 4.75. The Balaban J connectivity index is 2.09. The van der Waals surface area contributed by atoms with E-state index in [0.29, 0.717) is 13.0 Å². The molecule has 2 atom stereocenters. The van der Waals surface area contributed by atoms with Crippen molar-refractivity contribution in [1.29, 1.82) is 0 Å². The highest BCUT2D eigenvalue weighted by Crippen LogP contribution is 2.28. The predicted octanol–water partition coefficient (Wildman–Crippen LogP) is 0.489. The van der Waals surface area contributed by atoms with E-state index < -0.39 is 12.2 Å². The lowest BCUT2D eigenvalue weighted by Gasteiger charge is -2.37. The SMILES string of the molecule is Cc1ccc(C2CCN(C(=O)[O-])CC2O)cc1. The molecule has 4 heteroatoms. The van der Waals surface area contributed by atoms with Gasteiger partial charge >= 0.3 is 0 Å². The van der Waals surface area contributed by atoms with Crippen molar-refractivity contribution in [3.05, 3.63) is 35.4 Å². The van der Waals surface area contributed by atoms with Crippen LogP contribution >= 0.6 is 0 Å². The van der Waals surface area contributed by atoms with Crippen LogP contribution in [0, 0.1) is 6.92 Å². The van der Waals surface area contributed by atoms with E-state index in [-0.39, 0.29) is 12.5 Å². The highest BCUT2D eigenvalue weighted by Gasteiger charge is 2.28. The maximum Gasteiger partial charge on any atom is 0.137 e. The van der Waals surface area contributed by atoms with Gasteiger partial charge in [0.2, 0.25) is 0 Å². The Morgan fingerprint density at radius 1 is 1.41 bits per heavy atom. The van der Waals surface area contributed by atoms with Gasteiger partial charge in [0, 0.05) is 19.0 Å². The zero-order valence-electron chi connectivity index (χ0n) is 9.80. The van der Waals surface area contributed by atoms with Crippen LogP contribution in [0.1, 0.15) is 23.5 Å². The first-order valence-electron chi connectivity index (χ1n) is 5.78. The Morgan fingerprint density at radius 3 is 2.59 bits per heavy atom. The van der Waals surface area contributed by atoms with E-state index >= 15 is 0 Å². The first-order chi connectivity index (χ1) is 8.08. The van der Waals surface area contributed by atoms with Crippen LogP contribution in [0.2, 0.25) is 0 Å². The summed E-state index contributed by atoms with van der Waals surface area (Å²) < 4.78 is 0. The molecular formula is C13H16NO3-. The predicted molar refractivity (Wildman–Crippen MR) is 61.5 cm³/mol. The van der Waals surface area contributed by atoms with Crippen LogP contribution in [0.5, 0.6) is 0 Å². The van der Waals surface area contributed by atoms with Gasteiger partial charge in [-0.25, -0.2) is 0 Å². The van der Waals surface area contributed by atoms with E-state index in [9.17, 15) is 15.0 Å². The summed E-state index contributed by atoms with van der Waals surface area (Å²) in [6.45, 7) is 2.58. The summed E-state index contributed by atoms with van der Waals surface area (Å²) >= 11 is 0. The first kappa shape index (κ1) is 11.9. The minimum atomic E-state index is -1.20. The molecule has 0 aliphatic carbocycles. The summed E-state index contributed by atoms with van der Waals surface area (Å²) in [7, 11) is 0. The number of carbonyl (C=O) groups is 1. The van der Waals surface area contributed by atoms with Crippen molar-refractivity contribution < 1.29 is 15.0 Å². The number of piperidine rings is 1. The van der Waals surface area contributed by atoms with Crippen molar-refractivity contribution in [2.24, 2.45) is 0 Å². The number of rotatable bonds is 1. The molecule has 1 aromatic rings. The van der Waals surface area contributed by atoms with Crippen LogP contribution in [0.15, 0.2) is 24.3 Å². The van der Waals surface area contributed by atoms with Gasteiger partial charge in [-0.15, -0.1) is 0 Å². The summed E-state index contributed by atoms with van der Waals surface area (Å²) in [6, 6.07) is 8.01. The number of aryl methyl sites for hydroxylation is 1. The summed E-state index contributed by atoms with van der Waals surface area (Å²) in [5, 5.41) is 20.7. The molecule has 92 valence electrons. The summed E-state index contributed by atoms with van der Waals surface area (Å²) in [5.41, 5.74) is 2.25. The molecule has 1 amide bonds. The summed E-state index contributed by atoms with van der Waals surface area (Å²) in [4.78, 5) is 11.9. The zero-order chi connectivity index (χ0) is 12.4. The van der Waals surface area contributed by atoms with Gasteiger partial charge in [0.15, 0.2) is 0 Å². The second-order valence-corrected chi connectivity index (χ2v) is 4.59. The highest BCUT2D eigenvalue weighted by molar-refractivity contribution is 5.62. The van der Waals surface area contributed by atoms with E-state index in [0.717, 1.165) is 10.5 Å². The Hall–Kier alpha value is -1.55. The molecule has 0 radical (unpaired) electrons. The smallest absolute Gasteiger partial charge is 0.137 e. The van der Waals surface area contributed by atoms with Gasteiger partial charge in [-0.3, -0.25) is 0 Å². The third-order valence-corrected chi connectivity index (χ3v) is 3.35. The van der Waals surface area contributed by atoms with Crippen molar-refractivity contribution in [3.8, 4) is 0 Å². The van der Waals surface area contributed by atoms with Crippen LogP contribution in [0.3, 0.4) is 0 Å². The first-order valence-corrected chi connectivity index (χ1v) is 5.78. The van der Waals surface area contributed by atoms with E-state index in [2.05, 4.69) is 0 Å². The fraction of sp³-hybridized carbons (Fsp3) is 0.462. The normalized spacial score (nSPS) is 24.7. The molecule has 2 rings (SSSR count). The Kier molecular flexibility index (Phi) is 3.33. The summed E-state index contributed by atoms with van der Waals surface area (Å²) in [6.07, 6.45) is -1.21. The minimum Gasteiger partial charge on any atom is -0.530 e. The van der Waals surface area contributed by atoms with Crippen LogP contribution < -0.4 is 5.11 Å². The van der Waals surface area contributed by atoms with E-state index in [4.69, 9.17) is 0 Å². The minimum absolute atomic E-state index is 0.0196. The number of carboxylic acid groups (broad SMARTS) is 1. The molecule has 1 fully saturated rings. The lowest BCUT2D eigenvalue weighted by Crippen LogP contribution is -2.50. The van der Waals surface area contributed by atoms with E-state index in [1.54, 1.807) is 0 Å². The topological polar surface area (TPSA) is 63.6 Å². The molecule has 1 aliphatic rings. The largest absolute Gasteiger partial charge is 0.530 e. The molecule has 1 aromatic carbocycles. The third kappa shape index (κ3) is 2.58. The quantitative estimate of drug-likeness (QED) is 0.769. The number of benzene rings is 1. The summed E-state index contributed by atoms with van der Waals surface area (Å²) in [5.74, 6) is 0.0196. The Bertz CT molecular complexity index is 402. The number of nitrogens with zero attached hydrogens (tertiary/aromatic N) is 1. The number of aliphatic hydroxyl groups is 1. The highest BCUT2D eigenvalue weighted by atomic mass is 16.4. The molecule has 0 spiro atoms. The fourth-order valence-corrected chi connectivity index (χ4v) is 2.30. The standard InChI is InChI=1S/C13H17NO3/c1-9-2-4-10(5-3-9)11-6-7-14(13(16)17)8-12(11)15/h2-5,11-12,15H,6-8H2,1H3,(H,16,17)/p-1. The van der Waals surface area contributed by atoms with Crippen LogP contribution in [0.25, 0.3) is 0 Å². The van der Waals surface area contributed by atoms with Gasteiger partial charge in [0.05, 0.1) is 6.10 Å².